The molecule has 0 aliphatic rings. The Hall–Kier alpha value is -6.71. The molecule has 0 spiro atoms. The average Bonchev–Trinajstić information content (AvgIpc) is 3.23. The van der Waals surface area contributed by atoms with Crippen molar-refractivity contribution >= 4 is 43.4 Å². The van der Waals surface area contributed by atoms with Crippen LogP contribution in [0.5, 0.6) is 5.75 Å². The summed E-state index contributed by atoms with van der Waals surface area (Å²) < 4.78 is 0. The van der Waals surface area contributed by atoms with E-state index in [0.29, 0.717) is 23.0 Å². The van der Waals surface area contributed by atoms with Crippen LogP contribution in [0.4, 0.5) is 0 Å². The third-order valence-electron chi connectivity index (χ3n) is 9.40. The van der Waals surface area contributed by atoms with Gasteiger partial charge in [-0.3, -0.25) is 4.98 Å². The number of hydrogen-bond acceptors (Lipinski definition) is 5. The van der Waals surface area contributed by atoms with Crippen LogP contribution in [0, 0.1) is 0 Å². The van der Waals surface area contributed by atoms with E-state index in [9.17, 15) is 5.11 Å². The van der Waals surface area contributed by atoms with Crippen molar-refractivity contribution in [2.75, 3.05) is 0 Å². The maximum atomic E-state index is 11.1. The molecule has 6 nitrogen and oxygen atoms in total. The zero-order valence-corrected chi connectivity index (χ0v) is 29.5. The van der Waals surface area contributed by atoms with E-state index in [1.807, 2.05) is 30.5 Å². The molecule has 10 aromatic rings. The average molecular weight is 689 g/mol. The Morgan fingerprint density at radius 2 is 0.907 bits per heavy atom. The molecule has 7 heteroatoms. The van der Waals surface area contributed by atoms with E-state index >= 15 is 0 Å². The number of H-pyrrole nitrogens is 1. The van der Waals surface area contributed by atoms with Gasteiger partial charge in [0.05, 0.1) is 5.52 Å². The van der Waals surface area contributed by atoms with E-state index in [0.717, 1.165) is 54.9 Å². The standard InChI is InChI=1S/C38H24N4.C9H7NO.Li/c1-3-9-30-23-32(20-14-25(30)7-1)37-40-36(41-38(42-37)33-21-15-26-8-2-4-10-31(26)24-33)29-18-16-27(17-19-29)34-13-5-11-28-12-6-22-39-35(28)34;11-8-5-1-3-7-4-2-6-10-9(7)8;/h1-24H;1-6,11H;/q;;+1. The van der Waals surface area contributed by atoms with Crippen molar-refractivity contribution in [3.63, 3.8) is 0 Å². The van der Waals surface area contributed by atoms with Gasteiger partial charge in [-0.05, 0) is 63.2 Å². The van der Waals surface area contributed by atoms with Crippen LogP contribution in [0.25, 0.3) is 88.6 Å². The summed E-state index contributed by atoms with van der Waals surface area (Å²) in [5.41, 5.74) is 6.71. The molecular formula is C47H31LiN5O+. The second kappa shape index (κ2) is 15.1. The summed E-state index contributed by atoms with van der Waals surface area (Å²) >= 11 is 0. The van der Waals surface area contributed by atoms with Gasteiger partial charge in [-0.1, -0.05) is 133 Å². The van der Waals surface area contributed by atoms with Gasteiger partial charge in [-0.15, -0.1) is 0 Å². The van der Waals surface area contributed by atoms with Gasteiger partial charge in [0.15, 0.2) is 23.7 Å². The summed E-state index contributed by atoms with van der Waals surface area (Å²) in [6.07, 6.45) is 3.59. The van der Waals surface area contributed by atoms with Crippen LogP contribution < -0.4 is 29.0 Å². The predicted molar refractivity (Wildman–Crippen MR) is 212 cm³/mol. The molecule has 10 rings (SSSR count). The van der Waals surface area contributed by atoms with Crippen LogP contribution in [0.1, 0.15) is 0 Å². The SMILES string of the molecule is [Li+].[O-]c1cccc2ccc[nH+]c12.c1ccc2cc(-c3nc(-c4ccc(-c5cccc6cccnc56)cc4)nc(-c4ccc5ccccc5c4)n3)ccc2c1. The van der Waals surface area contributed by atoms with E-state index in [4.69, 9.17) is 15.0 Å². The van der Waals surface area contributed by atoms with Gasteiger partial charge >= 0.3 is 18.9 Å². The number of aromatic nitrogens is 5. The topological polar surface area (TPSA) is 88.8 Å². The molecule has 0 fully saturated rings. The Morgan fingerprint density at radius 3 is 1.56 bits per heavy atom. The Labute approximate surface area is 324 Å². The van der Waals surface area contributed by atoms with Crippen LogP contribution in [0.3, 0.4) is 0 Å². The molecule has 0 unspecified atom stereocenters. The van der Waals surface area contributed by atoms with E-state index in [-0.39, 0.29) is 24.6 Å². The van der Waals surface area contributed by atoms with Crippen LogP contribution in [0.2, 0.25) is 0 Å². The number of benzene rings is 7. The fourth-order valence-corrected chi connectivity index (χ4v) is 6.68. The maximum absolute atomic E-state index is 11.1. The van der Waals surface area contributed by atoms with Crippen molar-refractivity contribution in [1.82, 2.24) is 19.9 Å². The fourth-order valence-electron chi connectivity index (χ4n) is 6.68. The van der Waals surface area contributed by atoms with Gasteiger partial charge in [0.1, 0.15) is 0 Å². The monoisotopic (exact) mass is 688 g/mol. The minimum Gasteiger partial charge on any atom is -0.868 e. The molecule has 0 aliphatic carbocycles. The second-order valence-electron chi connectivity index (χ2n) is 12.8. The summed E-state index contributed by atoms with van der Waals surface area (Å²) in [4.78, 5) is 22.5. The number of aromatic amines is 1. The number of fused-ring (bicyclic) bond motifs is 4. The fraction of sp³-hybridized carbons (Fsp3) is 0. The van der Waals surface area contributed by atoms with Crippen LogP contribution in [0.15, 0.2) is 182 Å². The molecule has 0 radical (unpaired) electrons. The van der Waals surface area contributed by atoms with E-state index in [1.54, 1.807) is 18.3 Å². The van der Waals surface area contributed by atoms with Crippen LogP contribution in [-0.4, -0.2) is 19.9 Å². The molecule has 0 bridgehead atoms. The van der Waals surface area contributed by atoms with E-state index in [1.165, 1.54) is 10.8 Å². The summed E-state index contributed by atoms with van der Waals surface area (Å²) in [7, 11) is 0. The molecule has 7 aromatic carbocycles. The quantitative estimate of drug-likeness (QED) is 0.184. The molecule has 0 aliphatic heterocycles. The van der Waals surface area contributed by atoms with Gasteiger partial charge < -0.3 is 5.11 Å². The predicted octanol–water partition coefficient (Wildman–Crippen LogP) is 7.13. The Morgan fingerprint density at radius 1 is 0.407 bits per heavy atom. The first-order valence-corrected chi connectivity index (χ1v) is 17.4. The molecule has 3 aromatic heterocycles. The second-order valence-corrected chi connectivity index (χ2v) is 12.8. The summed E-state index contributed by atoms with van der Waals surface area (Å²) in [6.45, 7) is 0. The largest absolute Gasteiger partial charge is 1.00 e. The Kier molecular flexibility index (Phi) is 9.61. The molecule has 54 heavy (non-hydrogen) atoms. The first-order chi connectivity index (χ1) is 26.2. The van der Waals surface area contributed by atoms with Crippen LogP contribution in [-0.2, 0) is 0 Å². The van der Waals surface area contributed by atoms with Gasteiger partial charge in [-0.25, -0.2) is 19.9 Å². The number of hydrogen-bond donors (Lipinski definition) is 0. The van der Waals surface area contributed by atoms with Crippen molar-refractivity contribution in [2.45, 2.75) is 0 Å². The number of nitrogens with one attached hydrogen (secondary N) is 1. The zero-order valence-electron chi connectivity index (χ0n) is 29.5. The summed E-state index contributed by atoms with van der Waals surface area (Å²) in [6, 6.07) is 57.2. The third-order valence-corrected chi connectivity index (χ3v) is 9.40. The number of pyridine rings is 2. The van der Waals surface area contributed by atoms with Crippen molar-refractivity contribution in [3.05, 3.63) is 182 Å². The van der Waals surface area contributed by atoms with Gasteiger partial charge in [0, 0.05) is 45.3 Å². The molecule has 250 valence electrons. The molecule has 0 atom stereocenters. The Balaban J connectivity index is 0.000000296. The van der Waals surface area contributed by atoms with Crippen molar-refractivity contribution < 1.29 is 29.0 Å². The smallest absolute Gasteiger partial charge is 0.868 e. The number of rotatable bonds is 4. The van der Waals surface area contributed by atoms with E-state index < -0.39 is 0 Å². The summed E-state index contributed by atoms with van der Waals surface area (Å²) in [5, 5.41) is 17.9. The molecule has 0 saturated carbocycles. The number of para-hydroxylation sites is 2. The number of nitrogens with zero attached hydrogens (tertiary/aromatic N) is 4. The van der Waals surface area contributed by atoms with Crippen molar-refractivity contribution in [3.8, 4) is 51.0 Å². The molecule has 0 amide bonds. The zero-order chi connectivity index (χ0) is 35.6. The molecule has 1 N–H and O–H groups in total. The first kappa shape index (κ1) is 34.4. The molecule has 0 saturated heterocycles. The summed E-state index contributed by atoms with van der Waals surface area (Å²) in [5.74, 6) is 1.98. The van der Waals surface area contributed by atoms with Crippen molar-refractivity contribution in [1.29, 1.82) is 0 Å². The maximum Gasteiger partial charge on any atom is 1.00 e. The van der Waals surface area contributed by atoms with Gasteiger partial charge in [0.2, 0.25) is 5.52 Å². The Bertz CT molecular complexity index is 2820. The third kappa shape index (κ3) is 6.92. The van der Waals surface area contributed by atoms with Crippen molar-refractivity contribution in [2.24, 2.45) is 0 Å². The normalized spacial score (nSPS) is 10.9. The van der Waals surface area contributed by atoms with Crippen LogP contribution >= 0.6 is 0 Å². The van der Waals surface area contributed by atoms with E-state index in [2.05, 4.69) is 143 Å². The molecular weight excluding hydrogens is 657 g/mol. The van der Waals surface area contributed by atoms with Gasteiger partial charge in [0.25, 0.3) is 0 Å². The molecule has 3 heterocycles. The van der Waals surface area contributed by atoms with Gasteiger partial charge in [-0.2, -0.15) is 0 Å². The minimum absolute atomic E-state index is 0. The first-order valence-electron chi connectivity index (χ1n) is 17.4. The minimum atomic E-state index is 0.